The van der Waals surface area contributed by atoms with Crippen LogP contribution in [-0.2, 0) is 4.79 Å². The van der Waals surface area contributed by atoms with Gasteiger partial charge in [-0.25, -0.2) is 0 Å². The number of hydrogen-bond acceptors (Lipinski definition) is 3. The summed E-state index contributed by atoms with van der Waals surface area (Å²) in [5.41, 5.74) is 2.16. The zero-order valence-corrected chi connectivity index (χ0v) is 12.5. The monoisotopic (exact) mass is 294 g/mol. The first-order valence-corrected chi connectivity index (χ1v) is 7.17. The fourth-order valence-electron chi connectivity index (χ4n) is 2.03. The Bertz CT molecular complexity index is 689. The molecule has 0 radical (unpaired) electrons. The van der Waals surface area contributed by atoms with Crippen LogP contribution in [0, 0.1) is 18.3 Å². The number of aryl methyl sites for hydroxylation is 1. The van der Waals surface area contributed by atoms with Gasteiger partial charge in [0.15, 0.2) is 0 Å². The number of hydrogen-bond donors (Lipinski definition) is 1. The van der Waals surface area contributed by atoms with E-state index >= 15 is 0 Å². The van der Waals surface area contributed by atoms with Crippen LogP contribution in [0.1, 0.15) is 24.0 Å². The SMILES string of the molecule is Cc1cccc(OCCCC(=O)Nc2ccccc2C#N)c1. The van der Waals surface area contributed by atoms with E-state index in [2.05, 4.69) is 11.4 Å². The maximum atomic E-state index is 11.9. The highest BCUT2D eigenvalue weighted by Crippen LogP contribution is 2.15. The number of anilines is 1. The molecule has 0 aliphatic carbocycles. The Morgan fingerprint density at radius 1 is 1.23 bits per heavy atom. The van der Waals surface area contributed by atoms with Gasteiger partial charge in [0, 0.05) is 6.42 Å². The fourth-order valence-corrected chi connectivity index (χ4v) is 2.03. The largest absolute Gasteiger partial charge is 0.494 e. The number of ether oxygens (including phenoxy) is 1. The molecule has 0 spiro atoms. The summed E-state index contributed by atoms with van der Waals surface area (Å²) in [4.78, 5) is 11.9. The summed E-state index contributed by atoms with van der Waals surface area (Å²) in [6.07, 6.45) is 0.972. The number of nitrogens with zero attached hydrogens (tertiary/aromatic N) is 1. The third kappa shape index (κ3) is 4.64. The van der Waals surface area contributed by atoms with Crippen molar-refractivity contribution < 1.29 is 9.53 Å². The van der Waals surface area contributed by atoms with E-state index in [1.54, 1.807) is 24.3 Å². The Morgan fingerprint density at radius 2 is 2.05 bits per heavy atom. The molecule has 0 saturated heterocycles. The van der Waals surface area contributed by atoms with Crippen LogP contribution in [0.2, 0.25) is 0 Å². The molecule has 0 aromatic heterocycles. The van der Waals surface area contributed by atoms with Gasteiger partial charge in [0.1, 0.15) is 11.8 Å². The highest BCUT2D eigenvalue weighted by atomic mass is 16.5. The summed E-state index contributed by atoms with van der Waals surface area (Å²) in [5, 5.41) is 11.7. The molecule has 0 aliphatic rings. The van der Waals surface area contributed by atoms with Crippen LogP contribution < -0.4 is 10.1 Å². The maximum Gasteiger partial charge on any atom is 0.224 e. The van der Waals surface area contributed by atoms with Crippen molar-refractivity contribution in [1.29, 1.82) is 5.26 Å². The molecule has 0 unspecified atom stereocenters. The quantitative estimate of drug-likeness (QED) is 0.827. The molecule has 1 N–H and O–H groups in total. The van der Waals surface area contributed by atoms with Crippen molar-refractivity contribution in [2.45, 2.75) is 19.8 Å². The molecule has 0 fully saturated rings. The van der Waals surface area contributed by atoms with Crippen LogP contribution in [-0.4, -0.2) is 12.5 Å². The van der Waals surface area contributed by atoms with Crippen molar-refractivity contribution in [3.8, 4) is 11.8 Å². The minimum Gasteiger partial charge on any atom is -0.494 e. The molecule has 0 aliphatic heterocycles. The van der Waals surface area contributed by atoms with Crippen molar-refractivity contribution in [1.82, 2.24) is 0 Å². The van der Waals surface area contributed by atoms with E-state index in [1.165, 1.54) is 0 Å². The van der Waals surface area contributed by atoms with Gasteiger partial charge in [0.05, 0.1) is 17.9 Å². The molecule has 1 amide bonds. The fraction of sp³-hybridized carbons (Fsp3) is 0.222. The molecule has 2 rings (SSSR count). The number of nitriles is 1. The number of para-hydroxylation sites is 1. The van der Waals surface area contributed by atoms with Gasteiger partial charge in [-0.2, -0.15) is 5.26 Å². The van der Waals surface area contributed by atoms with Gasteiger partial charge in [0.25, 0.3) is 0 Å². The molecule has 4 heteroatoms. The number of nitrogens with one attached hydrogen (secondary N) is 1. The minimum atomic E-state index is -0.115. The minimum absolute atomic E-state index is 0.115. The molecule has 112 valence electrons. The highest BCUT2D eigenvalue weighted by molar-refractivity contribution is 5.92. The lowest BCUT2D eigenvalue weighted by molar-refractivity contribution is -0.116. The number of amides is 1. The Kier molecular flexibility index (Phi) is 5.56. The first kappa shape index (κ1) is 15.6. The van der Waals surface area contributed by atoms with Gasteiger partial charge in [-0.1, -0.05) is 24.3 Å². The lowest BCUT2D eigenvalue weighted by Crippen LogP contribution is -2.13. The van der Waals surface area contributed by atoms with E-state index in [1.807, 2.05) is 31.2 Å². The van der Waals surface area contributed by atoms with Crippen LogP contribution in [0.25, 0.3) is 0 Å². The first-order chi connectivity index (χ1) is 10.7. The summed E-state index contributed by atoms with van der Waals surface area (Å²) in [5.74, 6) is 0.700. The molecule has 4 nitrogen and oxygen atoms in total. The summed E-state index contributed by atoms with van der Waals surface area (Å²) < 4.78 is 5.60. The van der Waals surface area contributed by atoms with Crippen molar-refractivity contribution in [3.05, 3.63) is 59.7 Å². The maximum absolute atomic E-state index is 11.9. The van der Waals surface area contributed by atoms with Crippen LogP contribution in [0.5, 0.6) is 5.75 Å². The Morgan fingerprint density at radius 3 is 2.82 bits per heavy atom. The summed E-state index contributed by atoms with van der Waals surface area (Å²) >= 11 is 0. The molecular formula is C18H18N2O2. The van der Waals surface area contributed by atoms with Crippen molar-refractivity contribution in [2.75, 3.05) is 11.9 Å². The molecule has 2 aromatic rings. The van der Waals surface area contributed by atoms with Gasteiger partial charge in [-0.15, -0.1) is 0 Å². The van der Waals surface area contributed by atoms with Gasteiger partial charge in [0.2, 0.25) is 5.91 Å². The predicted molar refractivity (Wildman–Crippen MR) is 85.7 cm³/mol. The highest BCUT2D eigenvalue weighted by Gasteiger charge is 2.06. The number of benzene rings is 2. The smallest absolute Gasteiger partial charge is 0.224 e. The van der Waals surface area contributed by atoms with Crippen LogP contribution >= 0.6 is 0 Å². The lowest BCUT2D eigenvalue weighted by atomic mass is 10.2. The summed E-state index contributed by atoms with van der Waals surface area (Å²) in [6, 6.07) is 16.8. The van der Waals surface area contributed by atoms with E-state index in [9.17, 15) is 4.79 Å². The second kappa shape index (κ2) is 7.84. The molecule has 0 atom stereocenters. The van der Waals surface area contributed by atoms with Crippen LogP contribution in [0.15, 0.2) is 48.5 Å². The van der Waals surface area contributed by atoms with E-state index in [0.29, 0.717) is 30.7 Å². The Balaban J connectivity index is 1.75. The third-order valence-corrected chi connectivity index (χ3v) is 3.13. The normalized spacial score (nSPS) is 9.82. The first-order valence-electron chi connectivity index (χ1n) is 7.17. The molecular weight excluding hydrogens is 276 g/mol. The number of carbonyl (C=O) groups excluding carboxylic acids is 1. The molecule has 0 heterocycles. The van der Waals surface area contributed by atoms with Crippen molar-refractivity contribution >= 4 is 11.6 Å². The number of rotatable bonds is 6. The zero-order valence-electron chi connectivity index (χ0n) is 12.5. The van der Waals surface area contributed by atoms with Crippen molar-refractivity contribution in [3.63, 3.8) is 0 Å². The molecule has 2 aromatic carbocycles. The lowest BCUT2D eigenvalue weighted by Gasteiger charge is -2.08. The second-order valence-corrected chi connectivity index (χ2v) is 4.97. The average Bonchev–Trinajstić information content (AvgIpc) is 2.52. The van der Waals surface area contributed by atoms with E-state index < -0.39 is 0 Å². The van der Waals surface area contributed by atoms with Gasteiger partial charge >= 0.3 is 0 Å². The van der Waals surface area contributed by atoms with Gasteiger partial charge in [-0.05, 0) is 43.2 Å². The summed E-state index contributed by atoms with van der Waals surface area (Å²) in [7, 11) is 0. The molecule has 22 heavy (non-hydrogen) atoms. The third-order valence-electron chi connectivity index (χ3n) is 3.13. The number of carbonyl (C=O) groups is 1. The average molecular weight is 294 g/mol. The van der Waals surface area contributed by atoms with Crippen LogP contribution in [0.3, 0.4) is 0 Å². The Hall–Kier alpha value is -2.80. The predicted octanol–water partition coefficient (Wildman–Crippen LogP) is 3.66. The van der Waals surface area contributed by atoms with E-state index in [0.717, 1.165) is 11.3 Å². The second-order valence-electron chi connectivity index (χ2n) is 4.97. The summed E-state index contributed by atoms with van der Waals surface area (Å²) in [6.45, 7) is 2.49. The van der Waals surface area contributed by atoms with E-state index in [-0.39, 0.29) is 5.91 Å². The molecule has 0 saturated carbocycles. The van der Waals surface area contributed by atoms with E-state index in [4.69, 9.17) is 10.00 Å². The Labute approximate surface area is 130 Å². The van der Waals surface area contributed by atoms with Gasteiger partial charge < -0.3 is 10.1 Å². The van der Waals surface area contributed by atoms with Crippen molar-refractivity contribution in [2.24, 2.45) is 0 Å². The van der Waals surface area contributed by atoms with Crippen LogP contribution in [0.4, 0.5) is 5.69 Å². The zero-order chi connectivity index (χ0) is 15.8. The molecule has 0 bridgehead atoms. The topological polar surface area (TPSA) is 62.1 Å². The van der Waals surface area contributed by atoms with Gasteiger partial charge in [-0.3, -0.25) is 4.79 Å². The standard InChI is InChI=1S/C18H18N2O2/c1-14-6-4-8-16(12-14)22-11-5-10-18(21)20-17-9-3-2-7-15(17)13-19/h2-4,6-9,12H,5,10-11H2,1H3,(H,20,21).